The number of amides is 11. The van der Waals surface area contributed by atoms with Gasteiger partial charge in [0.15, 0.2) is 0 Å². The summed E-state index contributed by atoms with van der Waals surface area (Å²) in [5.74, 6) is -15.9. The summed E-state index contributed by atoms with van der Waals surface area (Å²) in [4.78, 5) is 168. The molecule has 0 radical (unpaired) electrons. The topological polar surface area (TPSA) is 494 Å². The highest BCUT2D eigenvalue weighted by molar-refractivity contribution is 6.00. The lowest BCUT2D eigenvalue weighted by Gasteiger charge is -2.30. The molecule has 9 atom stereocenters. The number of benzene rings is 1. The average molecular weight is 1040 g/mol. The lowest BCUT2D eigenvalue weighted by Crippen LogP contribution is -2.62. The van der Waals surface area contributed by atoms with Gasteiger partial charge in [0, 0.05) is 19.4 Å². The molecular weight excluding hydrogens is 969 g/mol. The number of carbonyl (C=O) groups is 13. The van der Waals surface area contributed by atoms with Crippen molar-refractivity contribution in [2.45, 2.75) is 133 Å². The van der Waals surface area contributed by atoms with Crippen molar-refractivity contribution < 1.29 is 82.8 Å². The summed E-state index contributed by atoms with van der Waals surface area (Å²) in [7, 11) is 0. The zero-order chi connectivity index (χ0) is 55.4. The Hall–Kier alpha value is -7.95. The Morgan fingerprint density at radius 3 is 1.58 bits per heavy atom. The van der Waals surface area contributed by atoms with E-state index >= 15 is 0 Å². The normalized spacial score (nSPS) is 16.4. The van der Waals surface area contributed by atoms with Crippen LogP contribution in [-0.4, -0.2) is 170 Å². The number of nitrogens with one attached hydrogen (secondary N) is 7. The average Bonchev–Trinajstić information content (AvgIpc) is 3.79. The van der Waals surface area contributed by atoms with Gasteiger partial charge in [-0.2, -0.15) is 0 Å². The van der Waals surface area contributed by atoms with E-state index < -0.39 is 169 Å². The Morgan fingerprint density at radius 2 is 1.10 bits per heavy atom. The smallest absolute Gasteiger partial charge is 0.305 e. The van der Waals surface area contributed by atoms with Crippen molar-refractivity contribution in [3.8, 4) is 5.75 Å². The second kappa shape index (κ2) is 28.8. The summed E-state index contributed by atoms with van der Waals surface area (Å²) < 4.78 is 0. The van der Waals surface area contributed by atoms with Gasteiger partial charge in [-0.1, -0.05) is 39.8 Å². The summed E-state index contributed by atoms with van der Waals surface area (Å²) in [5.41, 5.74) is 21.8. The minimum atomic E-state index is -1.81. The highest BCUT2D eigenvalue weighted by atomic mass is 16.4. The number of aliphatic hydroxyl groups is 1. The molecule has 29 heteroatoms. The van der Waals surface area contributed by atoms with Gasteiger partial charge in [0.25, 0.3) is 0 Å². The number of likely N-dealkylation sites (tertiary alicyclic amines) is 1. The van der Waals surface area contributed by atoms with Crippen LogP contribution >= 0.6 is 0 Å². The molecule has 1 aromatic carbocycles. The number of primary amides is 3. The van der Waals surface area contributed by atoms with Crippen molar-refractivity contribution in [1.82, 2.24) is 42.1 Å². The molecule has 0 aromatic heterocycles. The molecule has 1 fully saturated rings. The number of aliphatic carboxylic acids is 2. The molecule has 0 unspecified atom stereocenters. The zero-order valence-corrected chi connectivity index (χ0v) is 40.6. The minimum absolute atomic E-state index is 0.0270. The van der Waals surface area contributed by atoms with Crippen LogP contribution < -0.4 is 60.2 Å². The third-order valence-corrected chi connectivity index (χ3v) is 11.3. The number of aliphatic hydroxyl groups excluding tert-OH is 1. The summed E-state index contributed by atoms with van der Waals surface area (Å²) >= 11 is 0. The van der Waals surface area contributed by atoms with Crippen LogP contribution in [0, 0.1) is 11.8 Å². The van der Waals surface area contributed by atoms with Gasteiger partial charge in [-0.3, -0.25) is 62.3 Å². The van der Waals surface area contributed by atoms with E-state index in [1.54, 1.807) is 0 Å². The number of phenolic OH excluding ortho intramolecular Hbond substituents is 1. The van der Waals surface area contributed by atoms with Crippen LogP contribution in [0.3, 0.4) is 0 Å². The van der Waals surface area contributed by atoms with E-state index in [1.165, 1.54) is 52.0 Å². The summed E-state index contributed by atoms with van der Waals surface area (Å²) in [6, 6.07) is -8.94. The number of hydrogen-bond donors (Lipinski definition) is 15. The summed E-state index contributed by atoms with van der Waals surface area (Å²) in [5, 5.41) is 55.0. The molecule has 1 saturated heterocycles. The van der Waals surface area contributed by atoms with Crippen LogP contribution in [0.1, 0.15) is 78.2 Å². The fourth-order valence-corrected chi connectivity index (χ4v) is 7.33. The first-order chi connectivity index (χ1) is 34.1. The van der Waals surface area contributed by atoms with Crippen LogP contribution in [0.15, 0.2) is 24.3 Å². The summed E-state index contributed by atoms with van der Waals surface area (Å²) in [6.45, 7) is 4.83. The predicted octanol–water partition coefficient (Wildman–Crippen LogP) is -6.47. The molecule has 11 amide bonds. The molecule has 0 aliphatic carbocycles. The second-order valence-corrected chi connectivity index (χ2v) is 17.9. The standard InChI is InChI=1S/C44H66N12O17/c1-19(2)34(42(71)49-24(36(48)65)11-12-30(46)59)55-39(68)26(16-31(47)60)51-43(72)35(20(3)4)54-38(67)25(14-21-7-9-22(58)10-8-21)50-40(69)28(18-57)53-41(70)29-6-5-13-56(29)44(73)27(17-33(63)64)52-37(66)23(45)15-32(61)62/h7-10,19-20,23-29,34-35,57-58H,5-6,11-18,45H2,1-4H3,(H2,46,59)(H2,47,60)(H2,48,65)(H,49,71)(H,50,69)(H,51,72)(H,52,66)(H,53,70)(H,54,67)(H,55,68)(H,61,62)(H,63,64)/t23-,24-,25-,26-,27-,28-,29-,34-,35-/m0/s1. The molecule has 19 N–H and O–H groups in total. The quantitative estimate of drug-likeness (QED) is 0.0341. The molecular formula is C44H66N12O17. The fraction of sp³-hybridized carbons (Fsp3) is 0.568. The molecule has 0 spiro atoms. The Kier molecular flexibility index (Phi) is 24.1. The van der Waals surface area contributed by atoms with Gasteiger partial charge in [-0.15, -0.1) is 0 Å². The monoisotopic (exact) mass is 1030 g/mol. The lowest BCUT2D eigenvalue weighted by molar-refractivity contribution is -0.146. The predicted molar refractivity (Wildman–Crippen MR) is 251 cm³/mol. The number of phenols is 1. The maximum atomic E-state index is 14.1. The highest BCUT2D eigenvalue weighted by Gasteiger charge is 2.41. The Labute approximate surface area is 418 Å². The van der Waals surface area contributed by atoms with E-state index in [0.717, 1.165) is 4.90 Å². The number of carboxylic acids is 2. The van der Waals surface area contributed by atoms with E-state index in [1.807, 2.05) is 0 Å². The van der Waals surface area contributed by atoms with Gasteiger partial charge in [-0.05, 0) is 48.8 Å². The van der Waals surface area contributed by atoms with Gasteiger partial charge in [0.05, 0.1) is 31.9 Å². The Balaban J connectivity index is 2.37. The van der Waals surface area contributed by atoms with Crippen molar-refractivity contribution in [3.63, 3.8) is 0 Å². The van der Waals surface area contributed by atoms with Crippen LogP contribution in [0.25, 0.3) is 0 Å². The maximum Gasteiger partial charge on any atom is 0.305 e. The van der Waals surface area contributed by atoms with Crippen molar-refractivity contribution in [2.24, 2.45) is 34.8 Å². The number of nitrogens with zero attached hydrogens (tertiary/aromatic N) is 1. The molecule has 73 heavy (non-hydrogen) atoms. The Morgan fingerprint density at radius 1 is 0.603 bits per heavy atom. The highest BCUT2D eigenvalue weighted by Crippen LogP contribution is 2.20. The Bertz CT molecular complexity index is 2230. The second-order valence-electron chi connectivity index (χ2n) is 17.9. The van der Waals surface area contributed by atoms with Crippen LogP contribution in [-0.2, 0) is 68.7 Å². The van der Waals surface area contributed by atoms with Crippen molar-refractivity contribution in [2.75, 3.05) is 13.2 Å². The molecule has 404 valence electrons. The fourth-order valence-electron chi connectivity index (χ4n) is 7.33. The van der Waals surface area contributed by atoms with Crippen LogP contribution in [0.2, 0.25) is 0 Å². The van der Waals surface area contributed by atoms with Gasteiger partial charge < -0.3 is 85.5 Å². The van der Waals surface area contributed by atoms with E-state index in [-0.39, 0.29) is 44.4 Å². The van der Waals surface area contributed by atoms with Gasteiger partial charge in [-0.25, -0.2) is 0 Å². The third kappa shape index (κ3) is 20.0. The molecule has 1 aromatic rings. The van der Waals surface area contributed by atoms with Crippen molar-refractivity contribution >= 4 is 76.9 Å². The van der Waals surface area contributed by atoms with E-state index in [9.17, 15) is 77.6 Å². The molecule has 1 aliphatic heterocycles. The molecule has 0 saturated carbocycles. The van der Waals surface area contributed by atoms with E-state index in [0.29, 0.717) is 5.56 Å². The van der Waals surface area contributed by atoms with Gasteiger partial charge in [0.1, 0.15) is 54.1 Å². The molecule has 1 aliphatic rings. The summed E-state index contributed by atoms with van der Waals surface area (Å²) in [6.07, 6.45) is -3.37. The lowest BCUT2D eigenvalue weighted by atomic mass is 9.99. The number of carbonyl (C=O) groups excluding carboxylic acids is 11. The number of aromatic hydroxyl groups is 1. The SMILES string of the molecule is CC(C)[C@H](NC(=O)[C@H](CC(N)=O)NC(=O)[C@@H](NC(=O)[C@H](Cc1ccc(O)cc1)NC(=O)[C@H](CO)NC(=O)[C@@H]1CCCN1C(=O)[C@H](CC(=O)O)NC(=O)[C@@H](N)CC(=O)O)C(C)C)C(=O)N[C@@H](CCC(N)=O)C(N)=O. The molecule has 2 rings (SSSR count). The van der Waals surface area contributed by atoms with Crippen molar-refractivity contribution in [1.29, 1.82) is 0 Å². The minimum Gasteiger partial charge on any atom is -0.508 e. The van der Waals surface area contributed by atoms with Crippen molar-refractivity contribution in [3.05, 3.63) is 29.8 Å². The first kappa shape index (κ1) is 61.2. The van der Waals surface area contributed by atoms with Gasteiger partial charge in [0.2, 0.25) is 65.0 Å². The van der Waals surface area contributed by atoms with E-state index in [4.69, 9.17) is 28.0 Å². The number of nitrogens with two attached hydrogens (primary N) is 4. The molecule has 0 bridgehead atoms. The first-order valence-corrected chi connectivity index (χ1v) is 22.9. The van der Waals surface area contributed by atoms with Gasteiger partial charge >= 0.3 is 11.9 Å². The third-order valence-electron chi connectivity index (χ3n) is 11.3. The first-order valence-electron chi connectivity index (χ1n) is 22.9. The number of rotatable bonds is 30. The van der Waals surface area contributed by atoms with Crippen LogP contribution in [0.4, 0.5) is 0 Å². The van der Waals surface area contributed by atoms with E-state index in [2.05, 4.69) is 37.2 Å². The molecule has 29 nitrogen and oxygen atoms in total. The number of hydrogen-bond acceptors (Lipinski definition) is 16. The zero-order valence-electron chi connectivity index (χ0n) is 40.6. The largest absolute Gasteiger partial charge is 0.508 e. The number of carboxylic acid groups (broad SMARTS) is 2. The maximum absolute atomic E-state index is 14.1. The molecule has 1 heterocycles. The van der Waals surface area contributed by atoms with Crippen LogP contribution in [0.5, 0.6) is 5.75 Å².